The lowest BCUT2D eigenvalue weighted by Gasteiger charge is -2.11. The fourth-order valence-corrected chi connectivity index (χ4v) is 2.42. The molecule has 4 heteroatoms. The van der Waals surface area contributed by atoms with Crippen LogP contribution >= 0.6 is 22.6 Å². The summed E-state index contributed by atoms with van der Waals surface area (Å²) in [7, 11) is 0. The van der Waals surface area contributed by atoms with E-state index in [-0.39, 0.29) is 0 Å². The van der Waals surface area contributed by atoms with Crippen molar-refractivity contribution in [2.75, 3.05) is 0 Å². The van der Waals surface area contributed by atoms with Crippen LogP contribution in [0, 0.1) is 3.57 Å². The second kappa shape index (κ2) is 5.62. The normalized spacial score (nSPS) is 11.1. The van der Waals surface area contributed by atoms with E-state index in [2.05, 4.69) is 64.7 Å². The minimum absolute atomic E-state index is 0.457. The molecule has 0 aliphatic rings. The van der Waals surface area contributed by atoms with Crippen molar-refractivity contribution in [3.8, 4) is 11.4 Å². The highest BCUT2D eigenvalue weighted by molar-refractivity contribution is 14.1. The van der Waals surface area contributed by atoms with Crippen molar-refractivity contribution >= 4 is 22.6 Å². The van der Waals surface area contributed by atoms with Gasteiger partial charge in [-0.15, -0.1) is 0 Å². The van der Waals surface area contributed by atoms with E-state index in [4.69, 9.17) is 0 Å². The number of benzene rings is 1. The van der Waals surface area contributed by atoms with E-state index in [1.807, 2.05) is 17.1 Å². The number of aromatic nitrogens is 3. The first-order valence-corrected chi connectivity index (χ1v) is 6.99. The molecule has 90 valence electrons. The van der Waals surface area contributed by atoms with Gasteiger partial charge in [0.15, 0.2) is 5.82 Å². The van der Waals surface area contributed by atoms with Gasteiger partial charge in [0.2, 0.25) is 0 Å². The smallest absolute Gasteiger partial charge is 0.181 e. The summed E-state index contributed by atoms with van der Waals surface area (Å²) < 4.78 is 3.19. The quantitative estimate of drug-likeness (QED) is 0.790. The molecule has 0 fully saturated rings. The molecule has 1 aromatic carbocycles. The molecule has 0 aliphatic carbocycles. The van der Waals surface area contributed by atoms with Gasteiger partial charge in [0.25, 0.3) is 0 Å². The summed E-state index contributed by atoms with van der Waals surface area (Å²) in [4.78, 5) is 4.39. The monoisotopic (exact) mass is 341 g/mol. The highest BCUT2D eigenvalue weighted by Crippen LogP contribution is 2.20. The average molecular weight is 341 g/mol. The van der Waals surface area contributed by atoms with Crippen LogP contribution in [-0.2, 0) is 0 Å². The lowest BCUT2D eigenvalue weighted by Crippen LogP contribution is -2.07. The zero-order valence-corrected chi connectivity index (χ0v) is 12.3. The minimum atomic E-state index is 0.457. The van der Waals surface area contributed by atoms with Crippen molar-refractivity contribution in [2.45, 2.75) is 32.7 Å². The third-order valence-corrected chi connectivity index (χ3v) is 3.58. The van der Waals surface area contributed by atoms with Gasteiger partial charge in [-0.3, -0.25) is 0 Å². The fourth-order valence-electron chi connectivity index (χ4n) is 1.87. The predicted octanol–water partition coefficient (Wildman–Crippen LogP) is 3.91. The molecule has 1 heterocycles. The van der Waals surface area contributed by atoms with Crippen LogP contribution in [-0.4, -0.2) is 14.8 Å². The van der Waals surface area contributed by atoms with Crippen LogP contribution in [0.1, 0.15) is 32.7 Å². The lowest BCUT2D eigenvalue weighted by atomic mass is 10.2. The van der Waals surface area contributed by atoms with Crippen LogP contribution in [0.25, 0.3) is 11.4 Å². The Labute approximate surface area is 115 Å². The summed E-state index contributed by atoms with van der Waals surface area (Å²) >= 11 is 2.30. The number of halogens is 1. The van der Waals surface area contributed by atoms with E-state index in [1.54, 1.807) is 0 Å². The second-order valence-electron chi connectivity index (χ2n) is 4.03. The maximum Gasteiger partial charge on any atom is 0.181 e. The Hall–Kier alpha value is -0.910. The molecule has 0 atom stereocenters. The van der Waals surface area contributed by atoms with Gasteiger partial charge in [0, 0.05) is 9.13 Å². The van der Waals surface area contributed by atoms with E-state index in [1.165, 1.54) is 3.57 Å². The van der Waals surface area contributed by atoms with Crippen molar-refractivity contribution in [3.05, 3.63) is 34.2 Å². The van der Waals surface area contributed by atoms with Gasteiger partial charge in [-0.25, -0.2) is 9.67 Å². The molecule has 0 radical (unpaired) electrons. The Kier molecular flexibility index (Phi) is 4.15. The lowest BCUT2D eigenvalue weighted by molar-refractivity contribution is 0.428. The summed E-state index contributed by atoms with van der Waals surface area (Å²) in [6.45, 7) is 4.36. The zero-order chi connectivity index (χ0) is 12.3. The maximum absolute atomic E-state index is 4.57. The van der Waals surface area contributed by atoms with E-state index in [0.29, 0.717) is 6.04 Å². The van der Waals surface area contributed by atoms with E-state index in [9.17, 15) is 0 Å². The van der Waals surface area contributed by atoms with Crippen LogP contribution in [0.15, 0.2) is 30.6 Å². The van der Waals surface area contributed by atoms with Crippen LogP contribution < -0.4 is 0 Å². The number of rotatable bonds is 4. The molecule has 2 rings (SSSR count). The number of hydrogen-bond donors (Lipinski definition) is 0. The molecular weight excluding hydrogens is 325 g/mol. The van der Waals surface area contributed by atoms with Crippen molar-refractivity contribution in [1.29, 1.82) is 0 Å². The van der Waals surface area contributed by atoms with Crippen molar-refractivity contribution in [1.82, 2.24) is 14.8 Å². The summed E-state index contributed by atoms with van der Waals surface area (Å²) in [6.07, 6.45) is 4.02. The molecule has 0 unspecified atom stereocenters. The van der Waals surface area contributed by atoms with Crippen molar-refractivity contribution in [3.63, 3.8) is 0 Å². The topological polar surface area (TPSA) is 30.7 Å². The molecule has 0 N–H and O–H groups in total. The largest absolute Gasteiger partial charge is 0.249 e. The highest BCUT2D eigenvalue weighted by Gasteiger charge is 2.10. The summed E-state index contributed by atoms with van der Waals surface area (Å²) in [5.74, 6) is 0.815. The van der Waals surface area contributed by atoms with Gasteiger partial charge in [-0.1, -0.05) is 26.0 Å². The molecule has 0 aliphatic heterocycles. The molecule has 17 heavy (non-hydrogen) atoms. The molecule has 0 spiro atoms. The zero-order valence-electron chi connectivity index (χ0n) is 10.1. The Balaban J connectivity index is 2.29. The number of hydrogen-bond acceptors (Lipinski definition) is 2. The third-order valence-electron chi connectivity index (χ3n) is 2.91. The number of nitrogens with zero attached hydrogens (tertiary/aromatic N) is 3. The Morgan fingerprint density at radius 1 is 1.29 bits per heavy atom. The van der Waals surface area contributed by atoms with Crippen molar-refractivity contribution < 1.29 is 0 Å². The summed E-state index contributed by atoms with van der Waals surface area (Å²) in [5.41, 5.74) is 1.08. The van der Waals surface area contributed by atoms with Gasteiger partial charge in [-0.2, -0.15) is 5.10 Å². The standard InChI is InChI=1S/C13H16IN3/c1-3-12(4-2)17-9-15-13(16-17)10-6-5-7-11(14)8-10/h5-9,12H,3-4H2,1-2H3. The second-order valence-corrected chi connectivity index (χ2v) is 5.27. The molecule has 2 aromatic rings. The van der Waals surface area contributed by atoms with Crippen molar-refractivity contribution in [2.24, 2.45) is 0 Å². The summed E-state index contributed by atoms with van der Waals surface area (Å²) in [5, 5.41) is 4.57. The van der Waals surface area contributed by atoms with Gasteiger partial charge in [0.1, 0.15) is 6.33 Å². The van der Waals surface area contributed by atoms with Crippen LogP contribution in [0.4, 0.5) is 0 Å². The molecule has 0 saturated heterocycles. The molecule has 1 aromatic heterocycles. The summed E-state index contributed by atoms with van der Waals surface area (Å²) in [6, 6.07) is 8.72. The first kappa shape index (κ1) is 12.5. The van der Waals surface area contributed by atoms with Crippen LogP contribution in [0.2, 0.25) is 0 Å². The Morgan fingerprint density at radius 2 is 2.06 bits per heavy atom. The van der Waals surface area contributed by atoms with Gasteiger partial charge in [0.05, 0.1) is 6.04 Å². The maximum atomic E-state index is 4.57. The minimum Gasteiger partial charge on any atom is -0.249 e. The molecule has 3 nitrogen and oxygen atoms in total. The first-order valence-electron chi connectivity index (χ1n) is 5.91. The molecular formula is C13H16IN3. The molecule has 0 saturated carbocycles. The van der Waals surface area contributed by atoms with Gasteiger partial charge in [-0.05, 0) is 47.6 Å². The SMILES string of the molecule is CCC(CC)n1cnc(-c2cccc(I)c2)n1. The molecule has 0 amide bonds. The van der Waals surface area contributed by atoms with Crippen LogP contribution in [0.5, 0.6) is 0 Å². The van der Waals surface area contributed by atoms with Gasteiger partial charge >= 0.3 is 0 Å². The molecule has 0 bridgehead atoms. The van der Waals surface area contributed by atoms with E-state index < -0.39 is 0 Å². The van der Waals surface area contributed by atoms with E-state index >= 15 is 0 Å². The van der Waals surface area contributed by atoms with Gasteiger partial charge < -0.3 is 0 Å². The third kappa shape index (κ3) is 2.86. The highest BCUT2D eigenvalue weighted by atomic mass is 127. The van der Waals surface area contributed by atoms with E-state index in [0.717, 1.165) is 24.2 Å². The predicted molar refractivity (Wildman–Crippen MR) is 77.8 cm³/mol. The Bertz CT molecular complexity index is 489. The average Bonchev–Trinajstić information content (AvgIpc) is 2.80. The first-order chi connectivity index (χ1) is 8.24. The fraction of sp³-hybridized carbons (Fsp3) is 0.385. The van der Waals surface area contributed by atoms with Crippen LogP contribution in [0.3, 0.4) is 0 Å². The Morgan fingerprint density at radius 3 is 2.71 bits per heavy atom.